The van der Waals surface area contributed by atoms with Crippen LogP contribution in [0.25, 0.3) is 5.53 Å². The van der Waals surface area contributed by atoms with Gasteiger partial charge in [0.2, 0.25) is 0 Å². The standard InChI is InChI=1S/C21H26N2O8S3/c1-5-6-15-32(24,25)31-18-9-7-8-10-19(18)34(28,29)20(23-22)33(26,27)17-13-11-16(12-14-17)30-21(2,3)4/h7-14H,5-6,15H2,1-4H3. The van der Waals surface area contributed by atoms with Crippen LogP contribution < -0.4 is 8.92 Å². The van der Waals surface area contributed by atoms with Gasteiger partial charge in [-0.05, 0) is 63.6 Å². The van der Waals surface area contributed by atoms with Crippen molar-refractivity contribution < 1.29 is 39.0 Å². The Hall–Kier alpha value is -2.73. The molecule has 0 saturated carbocycles. The summed E-state index contributed by atoms with van der Waals surface area (Å²) in [6, 6.07) is 9.47. The van der Waals surface area contributed by atoms with Crippen molar-refractivity contribution in [3.8, 4) is 11.5 Å². The topological polar surface area (TPSA) is 157 Å². The molecule has 0 aromatic heterocycles. The molecule has 0 bridgehead atoms. The molecule has 13 heteroatoms. The van der Waals surface area contributed by atoms with Gasteiger partial charge in [0.15, 0.2) is 5.75 Å². The molecule has 0 fully saturated rings. The maximum Gasteiger partial charge on any atom is 0.504 e. The minimum atomic E-state index is -5.03. The summed E-state index contributed by atoms with van der Waals surface area (Å²) in [5.74, 6) is -0.628. The molecule has 10 nitrogen and oxygen atoms in total. The van der Waals surface area contributed by atoms with Gasteiger partial charge in [-0.3, -0.25) is 0 Å². The lowest BCUT2D eigenvalue weighted by molar-refractivity contribution is 0.00379. The number of rotatable bonds is 8. The van der Waals surface area contributed by atoms with Gasteiger partial charge in [0.25, 0.3) is 19.7 Å². The predicted octanol–water partition coefficient (Wildman–Crippen LogP) is 3.21. The molecule has 2 rings (SSSR count). The second-order valence-corrected chi connectivity index (χ2v) is 13.9. The zero-order valence-corrected chi connectivity index (χ0v) is 21.6. The van der Waals surface area contributed by atoms with Crippen LogP contribution in [0.3, 0.4) is 0 Å². The number of benzene rings is 2. The van der Waals surface area contributed by atoms with Crippen LogP contribution in [0.1, 0.15) is 40.5 Å². The fourth-order valence-corrected chi connectivity index (χ4v) is 7.37. The minimum Gasteiger partial charge on any atom is -0.488 e. The Morgan fingerprint density at radius 2 is 1.50 bits per heavy atom. The smallest absolute Gasteiger partial charge is 0.488 e. The van der Waals surface area contributed by atoms with Crippen LogP contribution in [0, 0.1) is 0 Å². The molecular formula is C21H26N2O8S3. The second kappa shape index (κ2) is 10.3. The van der Waals surface area contributed by atoms with Crippen LogP contribution in [0.15, 0.2) is 58.3 Å². The van der Waals surface area contributed by atoms with Gasteiger partial charge >= 0.3 is 14.5 Å². The van der Waals surface area contributed by atoms with E-state index in [1.165, 1.54) is 24.3 Å². The van der Waals surface area contributed by atoms with Crippen molar-refractivity contribution >= 4 is 34.2 Å². The van der Waals surface area contributed by atoms with E-state index in [0.717, 1.165) is 24.3 Å². The van der Waals surface area contributed by atoms with Crippen LogP contribution in [-0.4, -0.2) is 45.8 Å². The average molecular weight is 531 g/mol. The van der Waals surface area contributed by atoms with Crippen molar-refractivity contribution in [3.05, 3.63) is 54.1 Å². The van der Waals surface area contributed by atoms with Gasteiger partial charge in [-0.25, -0.2) is 16.8 Å². The van der Waals surface area contributed by atoms with Gasteiger partial charge in [-0.1, -0.05) is 25.5 Å². The van der Waals surface area contributed by atoms with Gasteiger partial charge in [0, 0.05) is 0 Å². The molecule has 0 atom stereocenters. The van der Waals surface area contributed by atoms with Crippen molar-refractivity contribution in [2.24, 2.45) is 0 Å². The summed E-state index contributed by atoms with van der Waals surface area (Å²) in [7, 11) is -14.0. The molecule has 186 valence electrons. The number of hydrogen-bond acceptors (Lipinski definition) is 8. The van der Waals surface area contributed by atoms with E-state index in [2.05, 4.69) is 4.79 Å². The molecule has 0 saturated heterocycles. The highest BCUT2D eigenvalue weighted by molar-refractivity contribution is 8.31. The van der Waals surface area contributed by atoms with Crippen LogP contribution in [0.2, 0.25) is 0 Å². The second-order valence-electron chi connectivity index (χ2n) is 8.20. The van der Waals surface area contributed by atoms with Gasteiger partial charge in [0.05, 0.1) is 10.6 Å². The lowest BCUT2D eigenvalue weighted by atomic mass is 10.2. The molecule has 0 unspecified atom stereocenters. The lowest BCUT2D eigenvalue weighted by Crippen LogP contribution is -2.27. The molecule has 0 spiro atoms. The number of unbranched alkanes of at least 4 members (excludes halogenated alkanes) is 1. The lowest BCUT2D eigenvalue weighted by Gasteiger charge is -2.21. The Morgan fingerprint density at radius 1 is 0.912 bits per heavy atom. The summed E-state index contributed by atoms with van der Waals surface area (Å²) in [4.78, 5) is 1.31. The van der Waals surface area contributed by atoms with Gasteiger partial charge in [0.1, 0.15) is 16.2 Å². The van der Waals surface area contributed by atoms with Crippen molar-refractivity contribution in [1.82, 2.24) is 0 Å². The summed E-state index contributed by atoms with van der Waals surface area (Å²) < 4.78 is 85.9. The first-order valence-electron chi connectivity index (χ1n) is 10.2. The van der Waals surface area contributed by atoms with Crippen LogP contribution in [0.5, 0.6) is 11.5 Å². The summed E-state index contributed by atoms with van der Waals surface area (Å²) >= 11 is 0. The van der Waals surface area contributed by atoms with E-state index in [4.69, 9.17) is 8.92 Å². The summed E-state index contributed by atoms with van der Waals surface area (Å²) in [5.41, 5.74) is 8.86. The molecule has 0 amide bonds. The Kier molecular flexibility index (Phi) is 8.30. The van der Waals surface area contributed by atoms with Gasteiger partial charge in [-0.15, -0.1) is 4.79 Å². The van der Waals surface area contributed by atoms with Gasteiger partial charge in [-0.2, -0.15) is 8.42 Å². The Bertz CT molecular complexity index is 1400. The largest absolute Gasteiger partial charge is 0.504 e. The molecule has 0 heterocycles. The third kappa shape index (κ3) is 6.66. The molecule has 0 radical (unpaired) electrons. The monoisotopic (exact) mass is 530 g/mol. The van der Waals surface area contributed by atoms with E-state index in [9.17, 15) is 30.8 Å². The fraction of sp³-hybridized carbons (Fsp3) is 0.381. The zero-order valence-electron chi connectivity index (χ0n) is 19.1. The Balaban J connectivity index is 2.51. The van der Waals surface area contributed by atoms with Crippen LogP contribution in [0.4, 0.5) is 0 Å². The maximum absolute atomic E-state index is 13.2. The van der Waals surface area contributed by atoms with E-state index in [1.54, 1.807) is 27.7 Å². The van der Waals surface area contributed by atoms with Crippen LogP contribution in [-0.2, 0) is 29.8 Å². The first-order valence-corrected chi connectivity index (χ1v) is 14.7. The number of para-hydroxylation sites is 1. The summed E-state index contributed by atoms with van der Waals surface area (Å²) in [6.07, 6.45) is 0.839. The van der Waals surface area contributed by atoms with E-state index in [0.29, 0.717) is 12.2 Å². The number of hydrogen-bond donors (Lipinski definition) is 0. The summed E-state index contributed by atoms with van der Waals surface area (Å²) in [6.45, 7) is 7.15. The van der Waals surface area contributed by atoms with Crippen molar-refractivity contribution in [2.45, 2.75) is 55.9 Å². The van der Waals surface area contributed by atoms with Gasteiger partial charge < -0.3 is 14.5 Å². The molecular weight excluding hydrogens is 504 g/mol. The predicted molar refractivity (Wildman–Crippen MR) is 126 cm³/mol. The third-order valence-electron chi connectivity index (χ3n) is 4.20. The minimum absolute atomic E-state index is 0.282. The highest BCUT2D eigenvalue weighted by Crippen LogP contribution is 2.30. The van der Waals surface area contributed by atoms with E-state index >= 15 is 0 Å². The summed E-state index contributed by atoms with van der Waals surface area (Å²) in [5, 5.41) is 0. The Labute approximate surface area is 200 Å². The molecule has 2 aromatic carbocycles. The third-order valence-corrected chi connectivity index (χ3v) is 9.63. The number of nitrogens with zero attached hydrogens (tertiary/aromatic N) is 2. The highest BCUT2D eigenvalue weighted by atomic mass is 32.3. The van der Waals surface area contributed by atoms with Crippen LogP contribution >= 0.6 is 0 Å². The first-order chi connectivity index (χ1) is 15.6. The molecule has 34 heavy (non-hydrogen) atoms. The average Bonchev–Trinajstić information content (AvgIpc) is 2.71. The number of sulfone groups is 2. The fourth-order valence-electron chi connectivity index (χ4n) is 2.73. The first kappa shape index (κ1) is 27.5. The molecule has 0 aliphatic rings. The number of ether oxygens (including phenoxy) is 1. The Morgan fingerprint density at radius 3 is 2.03 bits per heavy atom. The molecule has 2 aromatic rings. The van der Waals surface area contributed by atoms with Crippen molar-refractivity contribution in [3.63, 3.8) is 0 Å². The van der Waals surface area contributed by atoms with E-state index in [1.807, 2.05) is 0 Å². The molecule has 0 aliphatic carbocycles. The van der Waals surface area contributed by atoms with E-state index < -0.39 is 55.3 Å². The normalized spacial score (nSPS) is 12.6. The maximum atomic E-state index is 13.2. The zero-order chi connectivity index (χ0) is 25.8. The quantitative estimate of drug-likeness (QED) is 0.165. The van der Waals surface area contributed by atoms with Crippen molar-refractivity contribution in [2.75, 3.05) is 5.75 Å². The SMILES string of the molecule is CCCCS(=O)(=O)Oc1ccccc1S(=O)(=O)C(=[N+]=[N-])S(=O)(=O)c1ccc(OC(C)(C)C)cc1. The molecule has 0 aliphatic heterocycles. The van der Waals surface area contributed by atoms with Crippen molar-refractivity contribution in [1.29, 1.82) is 0 Å². The molecule has 0 N–H and O–H groups in total. The highest BCUT2D eigenvalue weighted by Gasteiger charge is 2.45. The van der Waals surface area contributed by atoms with E-state index in [-0.39, 0.29) is 12.2 Å².